The van der Waals surface area contributed by atoms with E-state index in [0.29, 0.717) is 6.54 Å². The van der Waals surface area contributed by atoms with Gasteiger partial charge in [0.1, 0.15) is 6.07 Å². The molecule has 94 valence electrons. The number of nitriles is 1. The van der Waals surface area contributed by atoms with Gasteiger partial charge in [-0.15, -0.1) is 0 Å². The molecule has 0 amide bonds. The highest BCUT2D eigenvalue weighted by Gasteiger charge is 2.20. The number of rotatable bonds is 1. The van der Waals surface area contributed by atoms with Gasteiger partial charge in [-0.05, 0) is 11.5 Å². The minimum atomic E-state index is -6.00. The van der Waals surface area contributed by atoms with Crippen molar-refractivity contribution in [2.75, 3.05) is 0 Å². The summed E-state index contributed by atoms with van der Waals surface area (Å²) in [7, 11) is -6.00. The molecule has 0 saturated carbocycles. The van der Waals surface area contributed by atoms with E-state index in [2.05, 4.69) is 12.1 Å². The molecule has 0 atom stereocenters. The summed E-state index contributed by atoms with van der Waals surface area (Å²) < 4.78 is 40.9. The summed E-state index contributed by atoms with van der Waals surface area (Å²) in [5.74, 6) is 0. The smallest absolute Gasteiger partial charge is 0.418 e. The predicted octanol–water partition coefficient (Wildman–Crippen LogP) is 2.95. The largest absolute Gasteiger partial charge is 0.673 e. The molecule has 0 radical (unpaired) electrons. The number of hydrogen-bond donors (Lipinski definition) is 0. The summed E-state index contributed by atoms with van der Waals surface area (Å²) in [6, 6.07) is 12.2. The summed E-state index contributed by atoms with van der Waals surface area (Å²) in [4.78, 5) is 0. The summed E-state index contributed by atoms with van der Waals surface area (Å²) in [5.41, 5.74) is 0. The van der Waals surface area contributed by atoms with Crippen molar-refractivity contribution in [1.82, 2.24) is 0 Å². The molecule has 1 heterocycles. The van der Waals surface area contributed by atoms with Crippen LogP contribution in [0.5, 0.6) is 0 Å². The molecular formula is C11H9BF4N2. The fourth-order valence-electron chi connectivity index (χ4n) is 1.36. The van der Waals surface area contributed by atoms with Crippen LogP contribution in [0.2, 0.25) is 0 Å². The van der Waals surface area contributed by atoms with Crippen molar-refractivity contribution in [3.05, 3.63) is 42.7 Å². The van der Waals surface area contributed by atoms with Gasteiger partial charge in [-0.2, -0.15) is 9.83 Å². The number of pyridine rings is 1. The molecule has 0 unspecified atom stereocenters. The van der Waals surface area contributed by atoms with Crippen LogP contribution in [-0.4, -0.2) is 7.25 Å². The van der Waals surface area contributed by atoms with Gasteiger partial charge in [0, 0.05) is 11.5 Å². The van der Waals surface area contributed by atoms with Crippen LogP contribution in [0.1, 0.15) is 0 Å². The third-order valence-electron chi connectivity index (χ3n) is 2.00. The van der Waals surface area contributed by atoms with Gasteiger partial charge in [-0.25, -0.2) is 0 Å². The van der Waals surface area contributed by atoms with E-state index in [1.165, 1.54) is 10.8 Å². The molecule has 2 nitrogen and oxygen atoms in total. The Morgan fingerprint density at radius 3 is 2.17 bits per heavy atom. The third kappa shape index (κ3) is 5.30. The zero-order valence-electron chi connectivity index (χ0n) is 9.23. The van der Waals surface area contributed by atoms with Crippen molar-refractivity contribution in [1.29, 1.82) is 5.26 Å². The van der Waals surface area contributed by atoms with Crippen molar-refractivity contribution in [3.63, 3.8) is 0 Å². The van der Waals surface area contributed by atoms with Crippen molar-refractivity contribution in [3.8, 4) is 6.07 Å². The highest BCUT2D eigenvalue weighted by molar-refractivity contribution is 6.50. The summed E-state index contributed by atoms with van der Waals surface area (Å²) in [5, 5.41) is 10.9. The van der Waals surface area contributed by atoms with Crippen molar-refractivity contribution in [2.24, 2.45) is 0 Å². The average molecular weight is 256 g/mol. The standard InChI is InChI=1S/C11H9N2.BF4/c12-6-8-13-7-5-10-3-1-2-4-11(10)9-13;2-1(3,4)5/h1-5,7,9H,8H2;/q+1;-1. The van der Waals surface area contributed by atoms with Crippen molar-refractivity contribution in [2.45, 2.75) is 6.54 Å². The van der Waals surface area contributed by atoms with Gasteiger partial charge in [0.25, 0.3) is 0 Å². The third-order valence-corrected chi connectivity index (χ3v) is 2.00. The second-order valence-electron chi connectivity index (χ2n) is 3.40. The molecule has 0 aliphatic rings. The Kier molecular flexibility index (Phi) is 4.66. The first kappa shape index (κ1) is 14.0. The van der Waals surface area contributed by atoms with Crippen LogP contribution in [0, 0.1) is 11.3 Å². The number of nitrogens with zero attached hydrogens (tertiary/aromatic N) is 2. The molecule has 18 heavy (non-hydrogen) atoms. The summed E-state index contributed by atoms with van der Waals surface area (Å²) >= 11 is 0. The zero-order valence-corrected chi connectivity index (χ0v) is 9.23. The maximum Gasteiger partial charge on any atom is 0.673 e. The fourth-order valence-corrected chi connectivity index (χ4v) is 1.36. The molecule has 0 saturated heterocycles. The Balaban J connectivity index is 0.000000280. The van der Waals surface area contributed by atoms with Crippen LogP contribution in [0.4, 0.5) is 17.3 Å². The second kappa shape index (κ2) is 6.01. The summed E-state index contributed by atoms with van der Waals surface area (Å²) in [6.45, 7) is 0.408. The van der Waals surface area contributed by atoms with Gasteiger partial charge in [0.2, 0.25) is 6.54 Å². The first-order chi connectivity index (χ1) is 8.40. The molecule has 1 aromatic heterocycles. The summed E-state index contributed by atoms with van der Waals surface area (Å²) in [6.07, 6.45) is 3.91. The fraction of sp³-hybridized carbons (Fsp3) is 0.0909. The molecule has 7 heteroatoms. The Morgan fingerprint density at radius 2 is 1.61 bits per heavy atom. The number of benzene rings is 1. The average Bonchev–Trinajstić information content (AvgIpc) is 2.27. The first-order valence-corrected chi connectivity index (χ1v) is 5.02. The van der Waals surface area contributed by atoms with E-state index < -0.39 is 7.25 Å². The van der Waals surface area contributed by atoms with Gasteiger partial charge in [0.05, 0.1) is 0 Å². The maximum absolute atomic E-state index is 9.75. The van der Waals surface area contributed by atoms with E-state index >= 15 is 0 Å². The van der Waals surface area contributed by atoms with E-state index in [1.807, 2.05) is 41.2 Å². The molecule has 0 aliphatic heterocycles. The highest BCUT2D eigenvalue weighted by atomic mass is 19.5. The number of aromatic nitrogens is 1. The molecule has 0 N–H and O–H groups in total. The normalized spacial score (nSPS) is 10.4. The van der Waals surface area contributed by atoms with Crippen LogP contribution >= 0.6 is 0 Å². The quantitative estimate of drug-likeness (QED) is 0.438. The van der Waals surface area contributed by atoms with Crippen molar-refractivity contribution < 1.29 is 21.8 Å². The van der Waals surface area contributed by atoms with Crippen LogP contribution in [0.15, 0.2) is 42.7 Å². The Labute approximate surface area is 101 Å². The van der Waals surface area contributed by atoms with Crippen LogP contribution in [0.3, 0.4) is 0 Å². The van der Waals surface area contributed by atoms with Gasteiger partial charge >= 0.3 is 7.25 Å². The number of fused-ring (bicyclic) bond motifs is 1. The first-order valence-electron chi connectivity index (χ1n) is 5.02. The molecular weight excluding hydrogens is 247 g/mol. The van der Waals surface area contributed by atoms with Crippen LogP contribution in [-0.2, 0) is 6.54 Å². The van der Waals surface area contributed by atoms with E-state index in [9.17, 15) is 17.3 Å². The number of halogens is 4. The number of hydrogen-bond acceptors (Lipinski definition) is 1. The van der Waals surface area contributed by atoms with E-state index in [1.54, 1.807) is 0 Å². The van der Waals surface area contributed by atoms with Gasteiger partial charge in [-0.3, -0.25) is 0 Å². The van der Waals surface area contributed by atoms with E-state index in [0.717, 1.165) is 0 Å². The van der Waals surface area contributed by atoms with Crippen LogP contribution < -0.4 is 4.57 Å². The highest BCUT2D eigenvalue weighted by Crippen LogP contribution is 2.09. The van der Waals surface area contributed by atoms with Gasteiger partial charge in [0.15, 0.2) is 12.4 Å². The maximum atomic E-state index is 9.75. The predicted molar refractivity (Wildman–Crippen MR) is 59.9 cm³/mol. The minimum absolute atomic E-state index is 0.408. The zero-order chi connectivity index (χ0) is 13.6. The topological polar surface area (TPSA) is 27.7 Å². The minimum Gasteiger partial charge on any atom is -0.418 e. The lowest BCUT2D eigenvalue weighted by Crippen LogP contribution is -2.31. The Hall–Kier alpha value is -2.10. The van der Waals surface area contributed by atoms with E-state index in [-0.39, 0.29) is 0 Å². The lowest BCUT2D eigenvalue weighted by atomic mass is 10.2. The van der Waals surface area contributed by atoms with Crippen LogP contribution in [0.25, 0.3) is 10.8 Å². The SMILES string of the molecule is F[B-](F)(F)F.N#CC[n+]1ccc2ccccc2c1. The second-order valence-corrected chi connectivity index (χ2v) is 3.40. The van der Waals surface area contributed by atoms with E-state index in [4.69, 9.17) is 5.26 Å². The van der Waals surface area contributed by atoms with Gasteiger partial charge < -0.3 is 17.3 Å². The monoisotopic (exact) mass is 256 g/mol. The van der Waals surface area contributed by atoms with Crippen molar-refractivity contribution >= 4 is 18.0 Å². The molecule has 0 spiro atoms. The molecule has 0 fully saturated rings. The Morgan fingerprint density at radius 1 is 1.06 bits per heavy atom. The lowest BCUT2D eigenvalue weighted by molar-refractivity contribution is -0.683. The Bertz CT molecular complexity index is 557. The molecule has 2 aromatic rings. The lowest BCUT2D eigenvalue weighted by Gasteiger charge is -1.94. The van der Waals surface area contributed by atoms with Gasteiger partial charge in [-0.1, -0.05) is 18.2 Å². The molecule has 1 aromatic carbocycles. The molecule has 0 aliphatic carbocycles. The molecule has 2 rings (SSSR count). The molecule has 0 bridgehead atoms.